The highest BCUT2D eigenvalue weighted by atomic mass is 79.9. The van der Waals surface area contributed by atoms with E-state index in [9.17, 15) is 4.79 Å². The molecular formula is C14H20BrNOS. The molecule has 0 aliphatic carbocycles. The van der Waals surface area contributed by atoms with Crippen molar-refractivity contribution in [3.63, 3.8) is 0 Å². The van der Waals surface area contributed by atoms with Gasteiger partial charge in [-0.25, -0.2) is 0 Å². The van der Waals surface area contributed by atoms with Crippen molar-refractivity contribution in [3.8, 4) is 0 Å². The molecule has 4 heteroatoms. The minimum atomic E-state index is 0.317. The lowest BCUT2D eigenvalue weighted by Gasteiger charge is -2.29. The fourth-order valence-corrected chi connectivity index (χ4v) is 4.13. The molecule has 1 aromatic rings. The number of likely N-dealkylation sites (tertiary alicyclic amines) is 1. The Bertz CT molecular complexity index is 404. The summed E-state index contributed by atoms with van der Waals surface area (Å²) in [5, 5.41) is 2.12. The van der Waals surface area contributed by atoms with E-state index in [1.807, 2.05) is 0 Å². The summed E-state index contributed by atoms with van der Waals surface area (Å²) >= 11 is 5.40. The smallest absolute Gasteiger partial charge is 0.131 e. The molecule has 1 aromatic heterocycles. The van der Waals surface area contributed by atoms with Gasteiger partial charge in [0.15, 0.2) is 0 Å². The number of thiophene rings is 1. The van der Waals surface area contributed by atoms with Crippen LogP contribution in [0.4, 0.5) is 0 Å². The quantitative estimate of drug-likeness (QED) is 0.823. The Morgan fingerprint density at radius 3 is 3.00 bits per heavy atom. The van der Waals surface area contributed by atoms with E-state index < -0.39 is 0 Å². The van der Waals surface area contributed by atoms with Crippen LogP contribution in [0.2, 0.25) is 0 Å². The molecule has 1 aliphatic heterocycles. The van der Waals surface area contributed by atoms with Gasteiger partial charge in [0, 0.05) is 28.4 Å². The third kappa shape index (κ3) is 3.90. The highest BCUT2D eigenvalue weighted by Crippen LogP contribution is 2.28. The molecule has 100 valence electrons. The van der Waals surface area contributed by atoms with Gasteiger partial charge in [-0.05, 0) is 53.7 Å². The van der Waals surface area contributed by atoms with Crippen molar-refractivity contribution in [2.24, 2.45) is 0 Å². The molecule has 0 radical (unpaired) electrons. The first-order valence-corrected chi connectivity index (χ1v) is 8.29. The Kier molecular flexibility index (Phi) is 5.39. The fourth-order valence-electron chi connectivity index (χ4n) is 2.63. The molecule has 1 atom stereocenters. The molecule has 0 spiro atoms. The zero-order valence-corrected chi connectivity index (χ0v) is 13.2. The summed E-state index contributed by atoms with van der Waals surface area (Å²) in [5.74, 6) is 0.317. The Morgan fingerprint density at radius 1 is 1.50 bits per heavy atom. The first-order chi connectivity index (χ1) is 8.66. The van der Waals surface area contributed by atoms with Crippen molar-refractivity contribution in [1.29, 1.82) is 0 Å². The van der Waals surface area contributed by atoms with Gasteiger partial charge in [0.1, 0.15) is 5.78 Å². The van der Waals surface area contributed by atoms with Crippen molar-refractivity contribution in [3.05, 3.63) is 20.8 Å². The molecule has 0 aromatic carbocycles. The number of nitrogens with zero attached hydrogens (tertiary/aromatic N) is 1. The van der Waals surface area contributed by atoms with Gasteiger partial charge in [-0.15, -0.1) is 11.3 Å². The average molecular weight is 330 g/mol. The van der Waals surface area contributed by atoms with E-state index in [1.165, 1.54) is 35.0 Å². The van der Waals surface area contributed by atoms with Crippen molar-refractivity contribution >= 4 is 33.0 Å². The summed E-state index contributed by atoms with van der Waals surface area (Å²) in [6.07, 6.45) is 5.71. The Labute approximate surface area is 122 Å². The zero-order valence-electron chi connectivity index (χ0n) is 10.8. The summed E-state index contributed by atoms with van der Waals surface area (Å²) in [6, 6.07) is 2.55. The molecule has 2 nitrogen and oxygen atoms in total. The van der Waals surface area contributed by atoms with Crippen LogP contribution in [0.15, 0.2) is 15.9 Å². The van der Waals surface area contributed by atoms with Crippen LogP contribution in [-0.2, 0) is 11.3 Å². The minimum Gasteiger partial charge on any atom is -0.300 e. The van der Waals surface area contributed by atoms with Crippen LogP contribution < -0.4 is 0 Å². The summed E-state index contributed by atoms with van der Waals surface area (Å²) < 4.78 is 1.21. The van der Waals surface area contributed by atoms with Crippen molar-refractivity contribution in [1.82, 2.24) is 4.90 Å². The fraction of sp³-hybridized carbons (Fsp3) is 0.643. The van der Waals surface area contributed by atoms with Crippen LogP contribution >= 0.6 is 27.3 Å². The zero-order chi connectivity index (χ0) is 13.0. The van der Waals surface area contributed by atoms with Gasteiger partial charge < -0.3 is 0 Å². The average Bonchev–Trinajstić information content (AvgIpc) is 2.58. The Morgan fingerprint density at radius 2 is 2.33 bits per heavy atom. The number of carbonyl (C=O) groups is 1. The molecule has 1 saturated heterocycles. The van der Waals surface area contributed by atoms with Crippen LogP contribution in [0.1, 0.15) is 43.9 Å². The predicted molar refractivity (Wildman–Crippen MR) is 80.0 cm³/mol. The molecule has 1 fully saturated rings. The summed E-state index contributed by atoms with van der Waals surface area (Å²) in [6.45, 7) is 3.82. The number of Topliss-reactive ketones (excluding diaryl/α,β-unsaturated/α-hetero) is 1. The van der Waals surface area contributed by atoms with Gasteiger partial charge in [0.05, 0.1) is 0 Å². The number of rotatable bonds is 4. The van der Waals surface area contributed by atoms with Gasteiger partial charge >= 0.3 is 0 Å². The summed E-state index contributed by atoms with van der Waals surface area (Å²) in [5.41, 5.74) is 0. The molecule has 1 unspecified atom stereocenters. The summed E-state index contributed by atoms with van der Waals surface area (Å²) in [7, 11) is 0. The number of ketones is 1. The second-order valence-electron chi connectivity index (χ2n) is 5.07. The van der Waals surface area contributed by atoms with E-state index in [0.717, 1.165) is 13.1 Å². The normalized spacial score (nSPS) is 21.8. The van der Waals surface area contributed by atoms with Crippen LogP contribution in [0, 0.1) is 0 Å². The van der Waals surface area contributed by atoms with Crippen LogP contribution in [-0.4, -0.2) is 23.3 Å². The molecule has 0 amide bonds. The molecule has 2 heterocycles. The third-order valence-electron chi connectivity index (χ3n) is 3.56. The van der Waals surface area contributed by atoms with E-state index >= 15 is 0 Å². The maximum absolute atomic E-state index is 11.4. The Balaban J connectivity index is 2.05. The molecule has 0 saturated carbocycles. The van der Waals surface area contributed by atoms with E-state index in [2.05, 4.69) is 32.3 Å². The topological polar surface area (TPSA) is 20.3 Å². The largest absolute Gasteiger partial charge is 0.300 e. The highest BCUT2D eigenvalue weighted by Gasteiger charge is 2.23. The van der Waals surface area contributed by atoms with E-state index in [4.69, 9.17) is 0 Å². The number of carbonyl (C=O) groups excluding carboxylic acids is 1. The monoisotopic (exact) mass is 329 g/mol. The lowest BCUT2D eigenvalue weighted by atomic mass is 10.0. The lowest BCUT2D eigenvalue weighted by molar-refractivity contribution is -0.118. The highest BCUT2D eigenvalue weighted by molar-refractivity contribution is 9.10. The standard InChI is InChI=1S/C14H20BrNOS/c1-11(17)9-12-5-3-2-4-7-16(12)10-14-13(15)6-8-18-14/h6,8,12H,2-5,7,9-10H2,1H3. The first-order valence-electron chi connectivity index (χ1n) is 6.62. The predicted octanol–water partition coefficient (Wildman–Crippen LogP) is 4.23. The van der Waals surface area contributed by atoms with Crippen molar-refractivity contribution in [2.45, 2.75) is 51.6 Å². The second-order valence-corrected chi connectivity index (χ2v) is 6.93. The molecule has 1 aliphatic rings. The van der Waals surface area contributed by atoms with Gasteiger partial charge in [-0.1, -0.05) is 12.8 Å². The SMILES string of the molecule is CC(=O)CC1CCCCCN1Cc1sccc1Br. The number of halogens is 1. The minimum absolute atomic E-state index is 0.317. The molecule has 18 heavy (non-hydrogen) atoms. The van der Waals surface area contributed by atoms with Gasteiger partial charge in [0.25, 0.3) is 0 Å². The molecule has 2 rings (SSSR count). The second kappa shape index (κ2) is 6.83. The van der Waals surface area contributed by atoms with E-state index in [1.54, 1.807) is 18.3 Å². The Hall–Kier alpha value is -0.190. The van der Waals surface area contributed by atoms with Crippen LogP contribution in [0.3, 0.4) is 0 Å². The number of hydrogen-bond acceptors (Lipinski definition) is 3. The third-order valence-corrected chi connectivity index (χ3v) is 5.47. The van der Waals surface area contributed by atoms with E-state index in [0.29, 0.717) is 18.2 Å². The van der Waals surface area contributed by atoms with Crippen molar-refractivity contribution in [2.75, 3.05) is 6.54 Å². The number of hydrogen-bond donors (Lipinski definition) is 0. The molecular weight excluding hydrogens is 310 g/mol. The van der Waals surface area contributed by atoms with Gasteiger partial charge in [0.2, 0.25) is 0 Å². The van der Waals surface area contributed by atoms with E-state index in [-0.39, 0.29) is 0 Å². The maximum atomic E-state index is 11.4. The molecule has 0 N–H and O–H groups in total. The van der Waals surface area contributed by atoms with Crippen molar-refractivity contribution < 1.29 is 4.79 Å². The van der Waals surface area contributed by atoms with Gasteiger partial charge in [-0.3, -0.25) is 9.69 Å². The lowest BCUT2D eigenvalue weighted by Crippen LogP contribution is -2.35. The van der Waals surface area contributed by atoms with Crippen LogP contribution in [0.25, 0.3) is 0 Å². The molecule has 0 bridgehead atoms. The van der Waals surface area contributed by atoms with Gasteiger partial charge in [-0.2, -0.15) is 0 Å². The summed E-state index contributed by atoms with van der Waals surface area (Å²) in [4.78, 5) is 15.3. The first kappa shape index (κ1) is 14.2. The van der Waals surface area contributed by atoms with Crippen LogP contribution in [0.5, 0.6) is 0 Å². The maximum Gasteiger partial charge on any atom is 0.131 e.